The molecule has 0 atom stereocenters. The van der Waals surface area contributed by atoms with Crippen molar-refractivity contribution in [3.05, 3.63) is 53.6 Å². The Hall–Kier alpha value is -1.80. The summed E-state index contributed by atoms with van der Waals surface area (Å²) in [5, 5.41) is 3.48. The van der Waals surface area contributed by atoms with Crippen LogP contribution in [0, 0.1) is 0 Å². The van der Waals surface area contributed by atoms with Crippen LogP contribution in [-0.4, -0.2) is 5.91 Å². The topological polar surface area (TPSA) is 29.1 Å². The van der Waals surface area contributed by atoms with Gasteiger partial charge < -0.3 is 5.32 Å². The Morgan fingerprint density at radius 1 is 1.06 bits per heavy atom. The zero-order valence-corrected chi connectivity index (χ0v) is 10.2. The van der Waals surface area contributed by atoms with Crippen LogP contribution >= 0.6 is 11.6 Å². The maximum Gasteiger partial charge on any atom is 0.221 e. The monoisotopic (exact) mass is 245 g/mol. The number of hydrogen-bond donors (Lipinski definition) is 1. The van der Waals surface area contributed by atoms with Crippen molar-refractivity contribution in [3.63, 3.8) is 0 Å². The summed E-state index contributed by atoms with van der Waals surface area (Å²) in [5.74, 6) is -0.0711. The van der Waals surface area contributed by atoms with Crippen LogP contribution in [0.2, 0.25) is 5.02 Å². The second-order valence-electron chi connectivity index (χ2n) is 3.77. The van der Waals surface area contributed by atoms with Gasteiger partial charge in [-0.25, -0.2) is 0 Å². The van der Waals surface area contributed by atoms with Gasteiger partial charge in [-0.15, -0.1) is 0 Å². The highest BCUT2D eigenvalue weighted by Crippen LogP contribution is 2.24. The lowest BCUT2D eigenvalue weighted by Gasteiger charge is -2.06. The van der Waals surface area contributed by atoms with Gasteiger partial charge in [-0.3, -0.25) is 4.79 Å². The summed E-state index contributed by atoms with van der Waals surface area (Å²) in [5.41, 5.74) is 2.92. The maximum absolute atomic E-state index is 11.0. The van der Waals surface area contributed by atoms with E-state index in [2.05, 4.69) is 5.32 Å². The van der Waals surface area contributed by atoms with Crippen LogP contribution in [0.1, 0.15) is 6.92 Å². The van der Waals surface area contributed by atoms with Crippen molar-refractivity contribution < 1.29 is 4.79 Å². The molecule has 0 aliphatic carbocycles. The van der Waals surface area contributed by atoms with Gasteiger partial charge in [-0.2, -0.15) is 0 Å². The first-order valence-electron chi connectivity index (χ1n) is 5.29. The van der Waals surface area contributed by atoms with Crippen molar-refractivity contribution in [2.45, 2.75) is 6.92 Å². The Labute approximate surface area is 105 Å². The molecule has 0 aliphatic heterocycles. The molecule has 2 aromatic rings. The minimum Gasteiger partial charge on any atom is -0.326 e. The van der Waals surface area contributed by atoms with Gasteiger partial charge in [-0.1, -0.05) is 35.9 Å². The lowest BCUT2D eigenvalue weighted by molar-refractivity contribution is -0.114. The minimum atomic E-state index is -0.0711. The Bertz CT molecular complexity index is 534. The van der Waals surface area contributed by atoms with Crippen molar-refractivity contribution in [2.75, 3.05) is 5.32 Å². The number of hydrogen-bond acceptors (Lipinski definition) is 1. The first kappa shape index (κ1) is 11.7. The van der Waals surface area contributed by atoms with Gasteiger partial charge in [0.2, 0.25) is 5.91 Å². The maximum atomic E-state index is 11.0. The second-order valence-corrected chi connectivity index (χ2v) is 4.21. The van der Waals surface area contributed by atoms with Gasteiger partial charge in [0.1, 0.15) is 0 Å². The summed E-state index contributed by atoms with van der Waals surface area (Å²) in [6.07, 6.45) is 0. The van der Waals surface area contributed by atoms with Crippen LogP contribution in [0.15, 0.2) is 48.5 Å². The molecule has 1 N–H and O–H groups in total. The Morgan fingerprint density at radius 3 is 2.41 bits per heavy atom. The molecule has 0 aliphatic rings. The summed E-state index contributed by atoms with van der Waals surface area (Å²) in [4.78, 5) is 11.0. The number of anilines is 1. The number of amides is 1. The van der Waals surface area contributed by atoms with E-state index in [4.69, 9.17) is 11.6 Å². The zero-order chi connectivity index (χ0) is 12.3. The molecule has 2 rings (SSSR count). The smallest absolute Gasteiger partial charge is 0.221 e. The van der Waals surface area contributed by atoms with Gasteiger partial charge in [-0.05, 0) is 35.4 Å². The fourth-order valence-electron chi connectivity index (χ4n) is 1.62. The van der Waals surface area contributed by atoms with Gasteiger partial charge in [0, 0.05) is 17.6 Å². The number of carbonyl (C=O) groups is 1. The second kappa shape index (κ2) is 5.02. The minimum absolute atomic E-state index is 0.0711. The van der Waals surface area contributed by atoms with Crippen molar-refractivity contribution in [1.82, 2.24) is 0 Å². The molecular weight excluding hydrogens is 234 g/mol. The molecule has 86 valence electrons. The molecule has 2 aromatic carbocycles. The largest absolute Gasteiger partial charge is 0.326 e. The quantitative estimate of drug-likeness (QED) is 0.852. The highest BCUT2D eigenvalue weighted by atomic mass is 35.5. The fourth-order valence-corrected chi connectivity index (χ4v) is 1.75. The van der Waals surface area contributed by atoms with E-state index >= 15 is 0 Å². The third kappa shape index (κ3) is 3.08. The summed E-state index contributed by atoms with van der Waals surface area (Å²) < 4.78 is 0. The van der Waals surface area contributed by atoms with Crippen LogP contribution < -0.4 is 5.32 Å². The first-order valence-corrected chi connectivity index (χ1v) is 5.66. The van der Waals surface area contributed by atoms with Crippen LogP contribution in [0.25, 0.3) is 11.1 Å². The van der Waals surface area contributed by atoms with Crippen molar-refractivity contribution in [3.8, 4) is 11.1 Å². The van der Waals surface area contributed by atoms with Crippen LogP contribution in [0.3, 0.4) is 0 Å². The average molecular weight is 246 g/mol. The normalized spacial score (nSPS) is 10.0. The molecule has 17 heavy (non-hydrogen) atoms. The molecule has 1 amide bonds. The first-order chi connectivity index (χ1) is 8.15. The molecule has 2 nitrogen and oxygen atoms in total. The Kier molecular flexibility index (Phi) is 3.45. The molecule has 0 radical (unpaired) electrons. The van der Waals surface area contributed by atoms with E-state index in [1.54, 1.807) is 0 Å². The van der Waals surface area contributed by atoms with Crippen molar-refractivity contribution >= 4 is 23.2 Å². The molecular formula is C14H12ClNO. The summed E-state index contributed by atoms with van der Waals surface area (Å²) in [6, 6.07) is 15.3. The van der Waals surface area contributed by atoms with Crippen LogP contribution in [0.5, 0.6) is 0 Å². The standard InChI is InChI=1S/C14H12ClNO/c1-10(17)16-14-4-2-3-12(9-14)11-5-7-13(15)8-6-11/h2-9H,1H3,(H,16,17). The van der Waals surface area contributed by atoms with Gasteiger partial charge in [0.15, 0.2) is 0 Å². The van der Waals surface area contributed by atoms with Crippen molar-refractivity contribution in [1.29, 1.82) is 0 Å². The van der Waals surface area contributed by atoms with E-state index in [9.17, 15) is 4.79 Å². The molecule has 0 unspecified atom stereocenters. The SMILES string of the molecule is CC(=O)Nc1cccc(-c2ccc(Cl)cc2)c1. The van der Waals surface area contributed by atoms with Gasteiger partial charge in [0.05, 0.1) is 0 Å². The lowest BCUT2D eigenvalue weighted by atomic mass is 10.1. The third-order valence-corrected chi connectivity index (χ3v) is 2.61. The van der Waals surface area contributed by atoms with Crippen molar-refractivity contribution in [2.24, 2.45) is 0 Å². The fraction of sp³-hybridized carbons (Fsp3) is 0.0714. The van der Waals surface area contributed by atoms with Gasteiger partial charge in [0.25, 0.3) is 0 Å². The third-order valence-electron chi connectivity index (χ3n) is 2.36. The lowest BCUT2D eigenvalue weighted by Crippen LogP contribution is -2.05. The molecule has 0 spiro atoms. The van der Waals surface area contributed by atoms with E-state index in [1.807, 2.05) is 48.5 Å². The molecule has 0 saturated carbocycles. The number of benzene rings is 2. The highest BCUT2D eigenvalue weighted by Gasteiger charge is 2.00. The van der Waals surface area contributed by atoms with Crippen LogP contribution in [0.4, 0.5) is 5.69 Å². The zero-order valence-electron chi connectivity index (χ0n) is 9.41. The molecule has 3 heteroatoms. The molecule has 0 fully saturated rings. The van der Waals surface area contributed by atoms with Crippen LogP contribution in [-0.2, 0) is 4.79 Å². The van der Waals surface area contributed by atoms with E-state index in [-0.39, 0.29) is 5.91 Å². The number of nitrogens with one attached hydrogen (secondary N) is 1. The van der Waals surface area contributed by atoms with E-state index in [0.29, 0.717) is 5.02 Å². The number of halogens is 1. The molecule has 0 saturated heterocycles. The predicted molar refractivity (Wildman–Crippen MR) is 71.2 cm³/mol. The molecule has 0 heterocycles. The highest BCUT2D eigenvalue weighted by molar-refractivity contribution is 6.30. The Balaban J connectivity index is 2.32. The van der Waals surface area contributed by atoms with E-state index in [0.717, 1.165) is 16.8 Å². The van der Waals surface area contributed by atoms with E-state index in [1.165, 1.54) is 6.92 Å². The average Bonchev–Trinajstić information content (AvgIpc) is 2.29. The summed E-state index contributed by atoms with van der Waals surface area (Å²) in [6.45, 7) is 1.50. The summed E-state index contributed by atoms with van der Waals surface area (Å²) in [7, 11) is 0. The number of carbonyl (C=O) groups excluding carboxylic acids is 1. The van der Waals surface area contributed by atoms with E-state index < -0.39 is 0 Å². The summed E-state index contributed by atoms with van der Waals surface area (Å²) >= 11 is 5.84. The Morgan fingerprint density at radius 2 is 1.76 bits per heavy atom. The molecule has 0 bridgehead atoms. The molecule has 0 aromatic heterocycles. The number of rotatable bonds is 2. The van der Waals surface area contributed by atoms with Gasteiger partial charge >= 0.3 is 0 Å². The predicted octanol–water partition coefficient (Wildman–Crippen LogP) is 3.97.